The molecule has 0 atom stereocenters. The molecule has 18 heavy (non-hydrogen) atoms. The van der Waals surface area contributed by atoms with Gasteiger partial charge in [0.15, 0.2) is 0 Å². The third-order valence-electron chi connectivity index (χ3n) is 2.35. The Balaban J connectivity index is 2.59. The Morgan fingerprint density at radius 2 is 2.00 bits per heavy atom. The van der Waals surface area contributed by atoms with E-state index >= 15 is 0 Å². The average Bonchev–Trinajstić information content (AvgIpc) is 2.71. The highest BCUT2D eigenvalue weighted by molar-refractivity contribution is 7.18. The van der Waals surface area contributed by atoms with E-state index in [4.69, 9.17) is 11.5 Å². The molecule has 0 fully saturated rings. The number of thiophene rings is 1. The van der Waals surface area contributed by atoms with Crippen molar-refractivity contribution < 1.29 is 9.72 Å². The highest BCUT2D eigenvalue weighted by Gasteiger charge is 2.19. The van der Waals surface area contributed by atoms with Crippen LogP contribution in [0.3, 0.4) is 0 Å². The van der Waals surface area contributed by atoms with Gasteiger partial charge in [0, 0.05) is 10.9 Å². The van der Waals surface area contributed by atoms with Crippen molar-refractivity contribution in [3.63, 3.8) is 0 Å². The number of nitrogens with two attached hydrogens (primary N) is 2. The fraction of sp³-hybridized carbons (Fsp3) is 0. The second-order valence-corrected chi connectivity index (χ2v) is 4.59. The van der Waals surface area contributed by atoms with Crippen molar-refractivity contribution in [1.29, 1.82) is 0 Å². The maximum atomic E-state index is 11.1. The molecule has 0 saturated heterocycles. The molecule has 7 heteroatoms. The fourth-order valence-corrected chi connectivity index (χ4v) is 2.54. The molecule has 1 aromatic carbocycles. The summed E-state index contributed by atoms with van der Waals surface area (Å²) in [5.74, 6) is -0.637. The van der Waals surface area contributed by atoms with Crippen LogP contribution in [0.4, 0.5) is 11.4 Å². The van der Waals surface area contributed by atoms with E-state index in [0.29, 0.717) is 10.4 Å². The quantitative estimate of drug-likeness (QED) is 0.651. The van der Waals surface area contributed by atoms with Gasteiger partial charge in [-0.05, 0) is 12.1 Å². The van der Waals surface area contributed by atoms with Gasteiger partial charge in [-0.1, -0.05) is 12.1 Å². The van der Waals surface area contributed by atoms with Crippen LogP contribution in [0, 0.1) is 10.1 Å². The molecule has 0 aliphatic carbocycles. The standard InChI is InChI=1S/C11H9N3O3S/c12-7-5-9(18-10(7)11(13)15)6-3-1-2-4-8(6)14(16)17/h1-5H,12H2,(H2,13,15). The van der Waals surface area contributed by atoms with Gasteiger partial charge in [-0.2, -0.15) is 0 Å². The van der Waals surface area contributed by atoms with Gasteiger partial charge in [-0.15, -0.1) is 11.3 Å². The molecular formula is C11H9N3O3S. The van der Waals surface area contributed by atoms with Gasteiger partial charge >= 0.3 is 0 Å². The molecule has 92 valence electrons. The van der Waals surface area contributed by atoms with Crippen LogP contribution in [-0.2, 0) is 0 Å². The number of benzene rings is 1. The van der Waals surface area contributed by atoms with Gasteiger partial charge in [-0.3, -0.25) is 14.9 Å². The zero-order chi connectivity index (χ0) is 13.3. The van der Waals surface area contributed by atoms with E-state index in [-0.39, 0.29) is 16.3 Å². The van der Waals surface area contributed by atoms with Crippen molar-refractivity contribution in [1.82, 2.24) is 0 Å². The van der Waals surface area contributed by atoms with Gasteiger partial charge in [-0.25, -0.2) is 0 Å². The maximum Gasteiger partial charge on any atom is 0.278 e. The lowest BCUT2D eigenvalue weighted by molar-refractivity contribution is -0.384. The lowest BCUT2D eigenvalue weighted by Crippen LogP contribution is -2.10. The number of anilines is 1. The summed E-state index contributed by atoms with van der Waals surface area (Å²) in [6.07, 6.45) is 0. The summed E-state index contributed by atoms with van der Waals surface area (Å²) >= 11 is 1.05. The zero-order valence-corrected chi connectivity index (χ0v) is 9.94. The summed E-state index contributed by atoms with van der Waals surface area (Å²) in [4.78, 5) is 22.3. The summed E-state index contributed by atoms with van der Waals surface area (Å²) in [5, 5.41) is 10.9. The molecule has 0 unspecified atom stereocenters. The minimum atomic E-state index is -0.637. The van der Waals surface area contributed by atoms with Crippen molar-refractivity contribution in [2.45, 2.75) is 0 Å². The Morgan fingerprint density at radius 1 is 1.33 bits per heavy atom. The van der Waals surface area contributed by atoms with Gasteiger partial charge in [0.1, 0.15) is 4.88 Å². The molecular weight excluding hydrogens is 254 g/mol. The van der Waals surface area contributed by atoms with E-state index in [0.717, 1.165) is 11.3 Å². The molecule has 1 amide bonds. The first-order valence-corrected chi connectivity index (χ1v) is 5.75. The molecule has 2 rings (SSSR count). The lowest BCUT2D eigenvalue weighted by Gasteiger charge is -1.98. The van der Waals surface area contributed by atoms with Crippen LogP contribution in [0.15, 0.2) is 30.3 Å². The number of para-hydroxylation sites is 1. The molecule has 0 saturated carbocycles. The van der Waals surface area contributed by atoms with Crippen LogP contribution in [-0.4, -0.2) is 10.8 Å². The number of carbonyl (C=O) groups excluding carboxylic acids is 1. The predicted molar refractivity (Wildman–Crippen MR) is 69.3 cm³/mol. The van der Waals surface area contributed by atoms with Crippen LogP contribution >= 0.6 is 11.3 Å². The fourth-order valence-electron chi connectivity index (χ4n) is 1.57. The molecule has 1 heterocycles. The van der Waals surface area contributed by atoms with Crippen molar-refractivity contribution in [2.75, 3.05) is 5.73 Å². The number of nitro benzene ring substituents is 1. The second-order valence-electron chi connectivity index (χ2n) is 3.53. The largest absolute Gasteiger partial charge is 0.397 e. The summed E-state index contributed by atoms with van der Waals surface area (Å²) < 4.78 is 0. The SMILES string of the molecule is NC(=O)c1sc(-c2ccccc2[N+](=O)[O-])cc1N. The first-order chi connectivity index (χ1) is 8.50. The Bertz CT molecular complexity index is 636. The van der Waals surface area contributed by atoms with Crippen LogP contribution in [0.1, 0.15) is 9.67 Å². The minimum absolute atomic E-state index is 0.0326. The maximum absolute atomic E-state index is 11.1. The van der Waals surface area contributed by atoms with Crippen LogP contribution in [0.25, 0.3) is 10.4 Å². The summed E-state index contributed by atoms with van der Waals surface area (Å²) in [6, 6.07) is 7.78. The number of amides is 1. The number of nitrogen functional groups attached to an aromatic ring is 1. The topological polar surface area (TPSA) is 112 Å². The summed E-state index contributed by atoms with van der Waals surface area (Å²) in [7, 11) is 0. The number of hydrogen-bond acceptors (Lipinski definition) is 5. The number of hydrogen-bond donors (Lipinski definition) is 2. The number of rotatable bonds is 3. The zero-order valence-electron chi connectivity index (χ0n) is 9.12. The Kier molecular flexibility index (Phi) is 2.99. The average molecular weight is 263 g/mol. The predicted octanol–water partition coefficient (Wildman–Crippen LogP) is 2.00. The molecule has 0 bridgehead atoms. The molecule has 4 N–H and O–H groups in total. The third kappa shape index (κ3) is 2.03. The molecule has 0 radical (unpaired) electrons. The minimum Gasteiger partial charge on any atom is -0.397 e. The third-order valence-corrected chi connectivity index (χ3v) is 3.55. The Hall–Kier alpha value is -2.41. The molecule has 1 aromatic heterocycles. The molecule has 2 aromatic rings. The normalized spacial score (nSPS) is 10.2. The Labute approximate surface area is 106 Å². The number of nitro groups is 1. The highest BCUT2D eigenvalue weighted by Crippen LogP contribution is 2.37. The van der Waals surface area contributed by atoms with Gasteiger partial charge < -0.3 is 11.5 Å². The highest BCUT2D eigenvalue weighted by atomic mass is 32.1. The van der Waals surface area contributed by atoms with E-state index in [1.54, 1.807) is 18.2 Å². The number of primary amides is 1. The summed E-state index contributed by atoms with van der Waals surface area (Å²) in [5.41, 5.74) is 11.4. The molecule has 0 spiro atoms. The van der Waals surface area contributed by atoms with E-state index in [1.807, 2.05) is 0 Å². The van der Waals surface area contributed by atoms with Crippen LogP contribution in [0.5, 0.6) is 0 Å². The molecule has 0 aliphatic heterocycles. The van der Waals surface area contributed by atoms with E-state index in [2.05, 4.69) is 0 Å². The van der Waals surface area contributed by atoms with Crippen molar-refractivity contribution in [3.8, 4) is 10.4 Å². The first-order valence-electron chi connectivity index (χ1n) is 4.93. The van der Waals surface area contributed by atoms with Crippen molar-refractivity contribution >= 4 is 28.6 Å². The van der Waals surface area contributed by atoms with Crippen LogP contribution in [0.2, 0.25) is 0 Å². The number of nitrogens with zero attached hydrogens (tertiary/aromatic N) is 1. The summed E-state index contributed by atoms with van der Waals surface area (Å²) in [6.45, 7) is 0. The lowest BCUT2D eigenvalue weighted by atomic mass is 10.1. The van der Waals surface area contributed by atoms with E-state index in [9.17, 15) is 14.9 Å². The monoisotopic (exact) mass is 263 g/mol. The van der Waals surface area contributed by atoms with Crippen molar-refractivity contribution in [2.24, 2.45) is 5.73 Å². The van der Waals surface area contributed by atoms with E-state index < -0.39 is 10.8 Å². The molecule has 6 nitrogen and oxygen atoms in total. The molecule has 0 aliphatic rings. The van der Waals surface area contributed by atoms with Gasteiger partial charge in [0.25, 0.3) is 11.6 Å². The van der Waals surface area contributed by atoms with E-state index in [1.165, 1.54) is 12.1 Å². The van der Waals surface area contributed by atoms with Crippen molar-refractivity contribution in [3.05, 3.63) is 45.3 Å². The number of carbonyl (C=O) groups is 1. The van der Waals surface area contributed by atoms with Gasteiger partial charge in [0.2, 0.25) is 0 Å². The van der Waals surface area contributed by atoms with Crippen LogP contribution < -0.4 is 11.5 Å². The van der Waals surface area contributed by atoms with Gasteiger partial charge in [0.05, 0.1) is 16.2 Å². The first kappa shape index (κ1) is 12.1. The second kappa shape index (κ2) is 4.46. The Morgan fingerprint density at radius 3 is 2.56 bits per heavy atom. The smallest absolute Gasteiger partial charge is 0.278 e.